The van der Waals surface area contributed by atoms with Gasteiger partial charge in [-0.15, -0.1) is 0 Å². The summed E-state index contributed by atoms with van der Waals surface area (Å²) in [6.07, 6.45) is 2.54. The van der Waals surface area contributed by atoms with Crippen molar-refractivity contribution in [3.8, 4) is 0 Å². The molecule has 0 aliphatic carbocycles. The van der Waals surface area contributed by atoms with Crippen LogP contribution in [0.4, 0.5) is 9.93 Å². The molecular formula is C14H17BrN4OS. The lowest BCUT2D eigenvalue weighted by atomic mass is 10.3. The van der Waals surface area contributed by atoms with Crippen molar-refractivity contribution < 1.29 is 4.79 Å². The van der Waals surface area contributed by atoms with Crippen LogP contribution in [0, 0.1) is 0 Å². The molecule has 5 nitrogen and oxygen atoms in total. The Labute approximate surface area is 135 Å². The van der Waals surface area contributed by atoms with Gasteiger partial charge < -0.3 is 10.2 Å². The number of carbonyl (C=O) groups is 1. The Kier molecular flexibility index (Phi) is 4.72. The Hall–Kier alpha value is -1.18. The first-order valence-corrected chi connectivity index (χ1v) is 8.65. The fourth-order valence-corrected chi connectivity index (χ4v) is 3.84. The lowest BCUT2D eigenvalue weighted by Crippen LogP contribution is -2.35. The van der Waals surface area contributed by atoms with E-state index in [1.807, 2.05) is 18.2 Å². The van der Waals surface area contributed by atoms with E-state index >= 15 is 0 Å². The van der Waals surface area contributed by atoms with Crippen molar-refractivity contribution in [2.24, 2.45) is 0 Å². The highest BCUT2D eigenvalue weighted by atomic mass is 79.9. The minimum atomic E-state index is -0.188. The van der Waals surface area contributed by atoms with Gasteiger partial charge in [0.15, 0.2) is 5.13 Å². The number of aromatic nitrogens is 1. The number of thiazole rings is 1. The van der Waals surface area contributed by atoms with Crippen LogP contribution in [0.5, 0.6) is 0 Å². The third kappa shape index (κ3) is 3.93. The molecule has 1 aromatic carbocycles. The van der Waals surface area contributed by atoms with Gasteiger partial charge in [0.2, 0.25) is 0 Å². The van der Waals surface area contributed by atoms with Crippen molar-refractivity contribution in [2.45, 2.75) is 12.8 Å². The number of hydrogen-bond acceptors (Lipinski definition) is 4. The summed E-state index contributed by atoms with van der Waals surface area (Å²) in [5.74, 6) is 0. The van der Waals surface area contributed by atoms with Crippen molar-refractivity contribution in [1.82, 2.24) is 15.2 Å². The Bertz CT molecular complexity index is 639. The van der Waals surface area contributed by atoms with E-state index in [1.165, 1.54) is 24.2 Å². The lowest BCUT2D eigenvalue weighted by Gasteiger charge is -2.14. The Morgan fingerprint density at radius 3 is 3.00 bits per heavy atom. The topological polar surface area (TPSA) is 57.3 Å². The molecule has 7 heteroatoms. The molecule has 1 aliphatic heterocycles. The molecule has 2 aromatic rings. The van der Waals surface area contributed by atoms with Crippen LogP contribution in [-0.4, -0.2) is 42.1 Å². The number of amides is 2. The standard InChI is InChI=1S/C14H17BrN4OS/c15-10-3-4-11-12(9-10)21-14(17-11)18-13(20)16-5-8-19-6-1-2-7-19/h3-4,9H,1-2,5-8H2,(H2,16,17,18,20). The van der Waals surface area contributed by atoms with E-state index in [2.05, 4.69) is 36.4 Å². The molecule has 0 saturated carbocycles. The quantitative estimate of drug-likeness (QED) is 0.870. The molecule has 21 heavy (non-hydrogen) atoms. The van der Waals surface area contributed by atoms with Crippen LogP contribution in [0.25, 0.3) is 10.2 Å². The average molecular weight is 369 g/mol. The monoisotopic (exact) mass is 368 g/mol. The van der Waals surface area contributed by atoms with Gasteiger partial charge in [-0.2, -0.15) is 0 Å². The number of benzene rings is 1. The van der Waals surface area contributed by atoms with Crippen molar-refractivity contribution >= 4 is 48.6 Å². The highest BCUT2D eigenvalue weighted by molar-refractivity contribution is 9.10. The van der Waals surface area contributed by atoms with Crippen molar-refractivity contribution in [1.29, 1.82) is 0 Å². The molecule has 2 heterocycles. The average Bonchev–Trinajstić information content (AvgIpc) is 3.07. The summed E-state index contributed by atoms with van der Waals surface area (Å²) in [5.41, 5.74) is 0.899. The molecule has 3 rings (SSSR count). The third-order valence-electron chi connectivity index (χ3n) is 3.48. The predicted molar refractivity (Wildman–Crippen MR) is 90.0 cm³/mol. The maximum atomic E-state index is 11.8. The molecule has 1 fully saturated rings. The summed E-state index contributed by atoms with van der Waals surface area (Å²) in [6.45, 7) is 3.88. The van der Waals surface area contributed by atoms with Gasteiger partial charge in [0, 0.05) is 17.6 Å². The summed E-state index contributed by atoms with van der Waals surface area (Å²) in [5, 5.41) is 6.31. The maximum absolute atomic E-state index is 11.8. The number of urea groups is 1. The van der Waals surface area contributed by atoms with Crippen LogP contribution >= 0.6 is 27.3 Å². The molecule has 1 aromatic heterocycles. The number of hydrogen-bond donors (Lipinski definition) is 2. The number of carbonyl (C=O) groups excluding carboxylic acids is 1. The number of nitrogens with zero attached hydrogens (tertiary/aromatic N) is 2. The van der Waals surface area contributed by atoms with Crippen LogP contribution in [0.1, 0.15) is 12.8 Å². The number of fused-ring (bicyclic) bond motifs is 1. The molecule has 0 radical (unpaired) electrons. The largest absolute Gasteiger partial charge is 0.337 e. The third-order valence-corrected chi connectivity index (χ3v) is 4.91. The zero-order valence-electron chi connectivity index (χ0n) is 11.6. The smallest absolute Gasteiger partial charge is 0.321 e. The Morgan fingerprint density at radius 2 is 2.19 bits per heavy atom. The second-order valence-electron chi connectivity index (χ2n) is 5.06. The van der Waals surface area contributed by atoms with Crippen LogP contribution in [0.15, 0.2) is 22.7 Å². The van der Waals surface area contributed by atoms with Gasteiger partial charge in [0.1, 0.15) is 0 Å². The molecule has 0 unspecified atom stereocenters. The Balaban J connectivity index is 1.51. The van der Waals surface area contributed by atoms with Crippen molar-refractivity contribution in [2.75, 3.05) is 31.5 Å². The number of anilines is 1. The number of nitrogens with one attached hydrogen (secondary N) is 2. The van der Waals surface area contributed by atoms with Crippen LogP contribution in [0.2, 0.25) is 0 Å². The van der Waals surface area contributed by atoms with Crippen molar-refractivity contribution in [3.05, 3.63) is 22.7 Å². The van der Waals surface area contributed by atoms with E-state index in [0.717, 1.165) is 34.3 Å². The van der Waals surface area contributed by atoms with E-state index in [0.29, 0.717) is 11.7 Å². The lowest BCUT2D eigenvalue weighted by molar-refractivity contribution is 0.249. The number of likely N-dealkylation sites (tertiary alicyclic amines) is 1. The van der Waals surface area contributed by atoms with Gasteiger partial charge in [0.05, 0.1) is 10.2 Å². The molecule has 1 aliphatic rings. The number of rotatable bonds is 4. The van der Waals surface area contributed by atoms with E-state index in [4.69, 9.17) is 0 Å². The SMILES string of the molecule is O=C(NCCN1CCCC1)Nc1nc2ccc(Br)cc2s1. The maximum Gasteiger partial charge on any atom is 0.321 e. The molecule has 0 spiro atoms. The fourth-order valence-electron chi connectivity index (χ4n) is 2.43. The fraction of sp³-hybridized carbons (Fsp3) is 0.429. The second kappa shape index (κ2) is 6.72. The zero-order valence-corrected chi connectivity index (χ0v) is 14.0. The van der Waals surface area contributed by atoms with E-state index in [1.54, 1.807) is 0 Å². The van der Waals surface area contributed by atoms with Gasteiger partial charge >= 0.3 is 6.03 Å². The summed E-state index contributed by atoms with van der Waals surface area (Å²) in [6, 6.07) is 5.70. The summed E-state index contributed by atoms with van der Waals surface area (Å²) >= 11 is 4.91. The highest BCUT2D eigenvalue weighted by Crippen LogP contribution is 2.28. The van der Waals surface area contributed by atoms with Gasteiger partial charge in [-0.05, 0) is 44.1 Å². The Morgan fingerprint density at radius 1 is 1.38 bits per heavy atom. The first-order chi connectivity index (χ1) is 10.2. The molecule has 0 atom stereocenters. The predicted octanol–water partition coefficient (Wildman–Crippen LogP) is 3.28. The first-order valence-electron chi connectivity index (χ1n) is 7.04. The molecule has 0 bridgehead atoms. The van der Waals surface area contributed by atoms with Gasteiger partial charge in [-0.1, -0.05) is 27.3 Å². The van der Waals surface area contributed by atoms with Crippen LogP contribution < -0.4 is 10.6 Å². The van der Waals surface area contributed by atoms with Gasteiger partial charge in [-0.25, -0.2) is 9.78 Å². The van der Waals surface area contributed by atoms with Gasteiger partial charge in [-0.3, -0.25) is 5.32 Å². The molecule has 1 saturated heterocycles. The van der Waals surface area contributed by atoms with E-state index in [9.17, 15) is 4.79 Å². The molecular weight excluding hydrogens is 352 g/mol. The normalized spacial score (nSPS) is 15.5. The minimum absolute atomic E-state index is 0.188. The van der Waals surface area contributed by atoms with E-state index in [-0.39, 0.29) is 6.03 Å². The highest BCUT2D eigenvalue weighted by Gasteiger charge is 2.12. The van der Waals surface area contributed by atoms with Crippen LogP contribution in [0.3, 0.4) is 0 Å². The molecule has 2 N–H and O–H groups in total. The summed E-state index contributed by atoms with van der Waals surface area (Å²) in [7, 11) is 0. The molecule has 112 valence electrons. The van der Waals surface area contributed by atoms with E-state index < -0.39 is 0 Å². The molecule has 2 amide bonds. The zero-order chi connectivity index (χ0) is 14.7. The van der Waals surface area contributed by atoms with Gasteiger partial charge in [0.25, 0.3) is 0 Å². The summed E-state index contributed by atoms with van der Waals surface area (Å²) in [4.78, 5) is 18.6. The summed E-state index contributed by atoms with van der Waals surface area (Å²) < 4.78 is 2.07. The second-order valence-corrected chi connectivity index (χ2v) is 7.01. The van der Waals surface area contributed by atoms with Crippen molar-refractivity contribution in [3.63, 3.8) is 0 Å². The number of halogens is 1. The minimum Gasteiger partial charge on any atom is -0.337 e. The first kappa shape index (κ1) is 14.7. The van der Waals surface area contributed by atoms with Crippen LogP contribution in [-0.2, 0) is 0 Å².